The van der Waals surface area contributed by atoms with Crippen LogP contribution in [0.2, 0.25) is 0 Å². The Labute approximate surface area is 266 Å². The van der Waals surface area contributed by atoms with Gasteiger partial charge in [-0.2, -0.15) is 0 Å². The molecule has 46 heavy (non-hydrogen) atoms. The summed E-state index contributed by atoms with van der Waals surface area (Å²) in [6.07, 6.45) is -1.85. The molecule has 244 valence electrons. The molecule has 1 saturated heterocycles. The molecule has 0 unspecified atom stereocenters. The van der Waals surface area contributed by atoms with E-state index in [1.54, 1.807) is 62.4 Å². The Bertz CT molecular complexity index is 1550. The maximum absolute atomic E-state index is 14.7. The maximum atomic E-state index is 14.7. The van der Waals surface area contributed by atoms with Crippen molar-refractivity contribution in [3.05, 3.63) is 77.9 Å². The number of carbonyl (C=O) groups excluding carboxylic acids is 5. The fourth-order valence-corrected chi connectivity index (χ4v) is 7.59. The predicted octanol–water partition coefficient (Wildman–Crippen LogP) is 3.61. The number of Topliss-reactive ketones (excluding diaryl/α,β-unsaturated/α-hetero) is 1. The molecule has 0 amide bonds. The van der Waals surface area contributed by atoms with Crippen molar-refractivity contribution in [3.8, 4) is 0 Å². The van der Waals surface area contributed by atoms with Gasteiger partial charge >= 0.3 is 23.9 Å². The highest BCUT2D eigenvalue weighted by atomic mass is 16.6. The van der Waals surface area contributed by atoms with Crippen LogP contribution < -0.4 is 0 Å². The molecule has 11 nitrogen and oxygen atoms in total. The number of carbonyl (C=O) groups is 5. The van der Waals surface area contributed by atoms with Crippen LogP contribution in [0.25, 0.3) is 6.08 Å². The topological polar surface area (TPSA) is 152 Å². The number of hydrogen-bond acceptors (Lipinski definition) is 11. The highest BCUT2D eigenvalue weighted by Gasteiger charge is 2.87. The number of benzene rings is 2. The molecule has 11 heteroatoms. The zero-order valence-corrected chi connectivity index (χ0v) is 26.4. The third-order valence-corrected chi connectivity index (χ3v) is 9.38. The van der Waals surface area contributed by atoms with E-state index in [1.165, 1.54) is 25.1 Å². The molecule has 1 spiro atoms. The minimum absolute atomic E-state index is 0.0384. The average molecular weight is 635 g/mol. The van der Waals surface area contributed by atoms with E-state index in [1.807, 2.05) is 6.07 Å². The molecule has 1 heterocycles. The second-order valence-electron chi connectivity index (χ2n) is 12.8. The SMILES string of the molecule is CC(=O)OC[C@@]12[C@@H](OC(=O)/C=C/c3ccccc3)CC[C@](C)(O)[C@]13OC(C)(C)[C@H](C(=O)[C@H]2OC(=O)c1ccccc1)[C@H]3OC(C)=O. The van der Waals surface area contributed by atoms with Gasteiger partial charge in [0.15, 0.2) is 17.5 Å². The van der Waals surface area contributed by atoms with E-state index in [0.717, 1.165) is 19.4 Å². The smallest absolute Gasteiger partial charge is 0.338 e. The fourth-order valence-electron chi connectivity index (χ4n) is 7.59. The van der Waals surface area contributed by atoms with Crippen LogP contribution >= 0.6 is 0 Å². The summed E-state index contributed by atoms with van der Waals surface area (Å²) in [6, 6.07) is 17.0. The van der Waals surface area contributed by atoms with Crippen LogP contribution in [0.5, 0.6) is 0 Å². The monoisotopic (exact) mass is 634 g/mol. The number of hydrogen-bond donors (Lipinski definition) is 1. The Morgan fingerprint density at radius 1 is 0.913 bits per heavy atom. The van der Waals surface area contributed by atoms with Crippen molar-refractivity contribution in [2.24, 2.45) is 11.3 Å². The minimum Gasteiger partial charge on any atom is -0.465 e. The van der Waals surface area contributed by atoms with Crippen molar-refractivity contribution in [3.63, 3.8) is 0 Å². The van der Waals surface area contributed by atoms with Gasteiger partial charge in [-0.05, 0) is 57.4 Å². The maximum Gasteiger partial charge on any atom is 0.338 e. The number of aliphatic hydroxyl groups is 1. The quantitative estimate of drug-likeness (QED) is 0.258. The van der Waals surface area contributed by atoms with Gasteiger partial charge in [-0.1, -0.05) is 48.5 Å². The third-order valence-electron chi connectivity index (χ3n) is 9.38. The van der Waals surface area contributed by atoms with Crippen molar-refractivity contribution < 1.29 is 52.8 Å². The lowest BCUT2D eigenvalue weighted by atomic mass is 9.46. The van der Waals surface area contributed by atoms with Crippen LogP contribution in [0, 0.1) is 11.3 Å². The van der Waals surface area contributed by atoms with Crippen molar-refractivity contribution in [2.75, 3.05) is 6.61 Å². The molecule has 0 aromatic heterocycles. The third kappa shape index (κ3) is 5.41. The molecule has 1 aliphatic heterocycles. The molecule has 2 aromatic rings. The van der Waals surface area contributed by atoms with Gasteiger partial charge in [0.2, 0.25) is 0 Å². The van der Waals surface area contributed by atoms with E-state index in [4.69, 9.17) is 23.7 Å². The summed E-state index contributed by atoms with van der Waals surface area (Å²) in [5, 5.41) is 12.3. The van der Waals surface area contributed by atoms with Gasteiger partial charge in [0.25, 0.3) is 0 Å². The van der Waals surface area contributed by atoms with Gasteiger partial charge in [0, 0.05) is 19.9 Å². The molecule has 1 N–H and O–H groups in total. The van der Waals surface area contributed by atoms with E-state index < -0.39 is 82.7 Å². The highest BCUT2D eigenvalue weighted by Crippen LogP contribution is 2.68. The Balaban J connectivity index is 1.72. The summed E-state index contributed by atoms with van der Waals surface area (Å²) in [5.74, 6) is -5.11. The normalized spacial score (nSPS) is 32.7. The molecule has 3 fully saturated rings. The summed E-state index contributed by atoms with van der Waals surface area (Å²) < 4.78 is 30.2. The number of ketones is 1. The Hall–Kier alpha value is -4.35. The van der Waals surface area contributed by atoms with E-state index in [9.17, 15) is 29.1 Å². The van der Waals surface area contributed by atoms with Crippen LogP contribution in [-0.4, -0.2) is 76.5 Å². The van der Waals surface area contributed by atoms with Gasteiger partial charge in [-0.3, -0.25) is 14.4 Å². The van der Waals surface area contributed by atoms with Crippen molar-refractivity contribution in [1.29, 1.82) is 0 Å². The summed E-state index contributed by atoms with van der Waals surface area (Å²) in [4.78, 5) is 66.7. The minimum atomic E-state index is -2.07. The molecule has 2 aliphatic carbocycles. The van der Waals surface area contributed by atoms with Crippen LogP contribution in [0.3, 0.4) is 0 Å². The van der Waals surface area contributed by atoms with Crippen LogP contribution in [0.4, 0.5) is 0 Å². The van der Waals surface area contributed by atoms with Gasteiger partial charge in [0.05, 0.1) is 22.7 Å². The van der Waals surface area contributed by atoms with Gasteiger partial charge in [0.1, 0.15) is 24.2 Å². The lowest BCUT2D eigenvalue weighted by Gasteiger charge is -2.64. The number of rotatable bonds is 8. The van der Waals surface area contributed by atoms with Crippen molar-refractivity contribution in [2.45, 2.75) is 82.6 Å². The summed E-state index contributed by atoms with van der Waals surface area (Å²) in [7, 11) is 0. The first-order chi connectivity index (χ1) is 21.7. The molecule has 0 radical (unpaired) electrons. The van der Waals surface area contributed by atoms with E-state index in [2.05, 4.69) is 0 Å². The molecule has 7 atom stereocenters. The predicted molar refractivity (Wildman–Crippen MR) is 162 cm³/mol. The van der Waals surface area contributed by atoms with Crippen molar-refractivity contribution >= 4 is 35.7 Å². The van der Waals surface area contributed by atoms with Crippen LogP contribution in [0.15, 0.2) is 66.7 Å². The van der Waals surface area contributed by atoms with Gasteiger partial charge in [-0.15, -0.1) is 0 Å². The summed E-state index contributed by atoms with van der Waals surface area (Å²) in [5.41, 5.74) is -6.53. The van der Waals surface area contributed by atoms with E-state index in [0.29, 0.717) is 0 Å². The standard InChI is InChI=1S/C35H38O11/c1-21(36)42-20-34-25(44-26(38)17-16-23-12-8-6-9-13-23)18-19-33(5,41)35(34)29(43-22(2)37)27(32(3,4)46-35)28(39)30(34)45-31(40)24-14-10-7-11-15-24/h6-17,25,27,29-30,41H,18-20H2,1-5H3/b17-16+/t25-,27+,29+,30+,33-,34-,35-/m0/s1. The second-order valence-corrected chi connectivity index (χ2v) is 12.8. The first kappa shape index (κ1) is 33.0. The zero-order chi connectivity index (χ0) is 33.5. The molecule has 5 rings (SSSR count). The lowest BCUT2D eigenvalue weighted by molar-refractivity contribution is -0.334. The summed E-state index contributed by atoms with van der Waals surface area (Å²) >= 11 is 0. The van der Waals surface area contributed by atoms with Gasteiger partial charge in [-0.25, -0.2) is 9.59 Å². The molecule has 2 saturated carbocycles. The van der Waals surface area contributed by atoms with Crippen LogP contribution in [0.1, 0.15) is 63.4 Å². The summed E-state index contributed by atoms with van der Waals surface area (Å²) in [6.45, 7) is 6.29. The average Bonchev–Trinajstić information content (AvgIpc) is 3.21. The van der Waals surface area contributed by atoms with Crippen LogP contribution in [-0.2, 0) is 42.9 Å². The first-order valence-corrected chi connectivity index (χ1v) is 15.1. The Kier molecular flexibility index (Phi) is 8.69. The molecular formula is C35H38O11. The Morgan fingerprint density at radius 2 is 1.54 bits per heavy atom. The number of ether oxygens (including phenoxy) is 5. The molecule has 3 aliphatic rings. The highest BCUT2D eigenvalue weighted by molar-refractivity contribution is 5.96. The number of esters is 4. The van der Waals surface area contributed by atoms with Gasteiger partial charge < -0.3 is 28.8 Å². The molecule has 2 bridgehead atoms. The van der Waals surface area contributed by atoms with E-state index in [-0.39, 0.29) is 18.4 Å². The largest absolute Gasteiger partial charge is 0.465 e. The second kappa shape index (κ2) is 12.1. The first-order valence-electron chi connectivity index (χ1n) is 15.1. The Morgan fingerprint density at radius 3 is 2.15 bits per heavy atom. The number of fused-ring (bicyclic) bond motifs is 1. The van der Waals surface area contributed by atoms with E-state index >= 15 is 0 Å². The fraction of sp³-hybridized carbons (Fsp3) is 0.457. The zero-order valence-electron chi connectivity index (χ0n) is 26.4. The lowest BCUT2D eigenvalue weighted by Crippen LogP contribution is -2.82. The van der Waals surface area contributed by atoms with Crippen molar-refractivity contribution in [1.82, 2.24) is 0 Å². The molecule has 2 aromatic carbocycles. The molecular weight excluding hydrogens is 596 g/mol.